The minimum atomic E-state index is -0.00184. The number of anilines is 1. The minimum absolute atomic E-state index is 0. The highest BCUT2D eigenvalue weighted by atomic mass is 127. The van der Waals surface area contributed by atoms with Crippen molar-refractivity contribution in [1.29, 1.82) is 0 Å². The zero-order valence-electron chi connectivity index (χ0n) is 19.5. The van der Waals surface area contributed by atoms with Crippen LogP contribution in [0.15, 0.2) is 59.6 Å². The summed E-state index contributed by atoms with van der Waals surface area (Å²) in [5.41, 5.74) is 3.34. The first-order valence-electron chi connectivity index (χ1n) is 11.9. The van der Waals surface area contributed by atoms with Crippen molar-refractivity contribution in [2.24, 2.45) is 10.9 Å². The van der Waals surface area contributed by atoms with E-state index < -0.39 is 0 Å². The van der Waals surface area contributed by atoms with E-state index >= 15 is 0 Å². The molecule has 1 unspecified atom stereocenters. The Bertz CT molecular complexity index is 914. The average molecular weight is 562 g/mol. The van der Waals surface area contributed by atoms with Crippen LogP contribution in [0.25, 0.3) is 0 Å². The van der Waals surface area contributed by atoms with E-state index in [9.17, 15) is 4.79 Å². The molecule has 2 fully saturated rings. The van der Waals surface area contributed by atoms with Gasteiger partial charge in [0.15, 0.2) is 5.96 Å². The quantitative estimate of drug-likeness (QED) is 0.298. The van der Waals surface area contributed by atoms with Crippen LogP contribution in [-0.2, 0) is 13.0 Å². The number of carbonyl (C=O) groups is 1. The molecule has 0 aromatic heterocycles. The third-order valence-corrected chi connectivity index (χ3v) is 6.27. The first-order chi connectivity index (χ1) is 15.7. The second-order valence-electron chi connectivity index (χ2n) is 8.79. The van der Waals surface area contributed by atoms with Gasteiger partial charge >= 0.3 is 6.03 Å². The molecule has 6 nitrogen and oxygen atoms in total. The van der Waals surface area contributed by atoms with E-state index in [0.717, 1.165) is 69.2 Å². The van der Waals surface area contributed by atoms with Gasteiger partial charge in [-0.2, -0.15) is 0 Å². The molecule has 2 saturated heterocycles. The van der Waals surface area contributed by atoms with E-state index in [-0.39, 0.29) is 30.0 Å². The predicted molar refractivity (Wildman–Crippen MR) is 146 cm³/mol. The van der Waals surface area contributed by atoms with Crippen molar-refractivity contribution in [1.82, 2.24) is 15.1 Å². The number of urea groups is 1. The summed E-state index contributed by atoms with van der Waals surface area (Å²) in [7, 11) is 0. The van der Waals surface area contributed by atoms with Crippen LogP contribution >= 0.6 is 24.0 Å². The number of rotatable bonds is 6. The maximum Gasteiger partial charge on any atom is 0.321 e. The highest BCUT2D eigenvalue weighted by Gasteiger charge is 2.25. The molecule has 4 rings (SSSR count). The SMILES string of the molecule is CCNC(=NCc1cccc(NC(=O)N2CCCC2)c1)N1CCC(Cc2ccccc2)C1.I. The van der Waals surface area contributed by atoms with E-state index in [4.69, 9.17) is 4.99 Å². The van der Waals surface area contributed by atoms with Crippen molar-refractivity contribution in [3.63, 3.8) is 0 Å². The lowest BCUT2D eigenvalue weighted by Crippen LogP contribution is -2.40. The van der Waals surface area contributed by atoms with Crippen LogP contribution in [0.4, 0.5) is 10.5 Å². The lowest BCUT2D eigenvalue weighted by molar-refractivity contribution is 0.222. The number of nitrogens with zero attached hydrogens (tertiary/aromatic N) is 3. The van der Waals surface area contributed by atoms with Gasteiger partial charge in [-0.15, -0.1) is 24.0 Å². The Morgan fingerprint density at radius 3 is 2.52 bits per heavy atom. The van der Waals surface area contributed by atoms with Gasteiger partial charge in [-0.3, -0.25) is 0 Å². The number of hydrogen-bond acceptors (Lipinski definition) is 2. The van der Waals surface area contributed by atoms with Gasteiger partial charge in [0.2, 0.25) is 0 Å². The van der Waals surface area contributed by atoms with Crippen molar-refractivity contribution < 1.29 is 4.79 Å². The molecule has 0 spiro atoms. The lowest BCUT2D eigenvalue weighted by Gasteiger charge is -2.22. The molecule has 7 heteroatoms. The Morgan fingerprint density at radius 1 is 1.00 bits per heavy atom. The molecule has 2 heterocycles. The second-order valence-corrected chi connectivity index (χ2v) is 8.79. The average Bonchev–Trinajstić information content (AvgIpc) is 3.50. The van der Waals surface area contributed by atoms with Crippen LogP contribution in [0.3, 0.4) is 0 Å². The highest BCUT2D eigenvalue weighted by molar-refractivity contribution is 14.0. The summed E-state index contributed by atoms with van der Waals surface area (Å²) >= 11 is 0. The van der Waals surface area contributed by atoms with E-state index in [1.165, 1.54) is 12.0 Å². The molecular weight excluding hydrogens is 525 g/mol. The largest absolute Gasteiger partial charge is 0.357 e. The monoisotopic (exact) mass is 561 g/mol. The minimum Gasteiger partial charge on any atom is -0.357 e. The Kier molecular flexibility index (Phi) is 9.84. The van der Waals surface area contributed by atoms with Crippen LogP contribution in [0.5, 0.6) is 0 Å². The van der Waals surface area contributed by atoms with Gasteiger partial charge in [0.25, 0.3) is 0 Å². The Morgan fingerprint density at radius 2 is 1.76 bits per heavy atom. The van der Waals surface area contributed by atoms with Crippen LogP contribution < -0.4 is 10.6 Å². The first kappa shape index (κ1) is 25.3. The second kappa shape index (κ2) is 12.8. The zero-order chi connectivity index (χ0) is 22.2. The summed E-state index contributed by atoms with van der Waals surface area (Å²) in [6.45, 7) is 7.33. The number of amides is 2. The maximum absolute atomic E-state index is 12.4. The molecule has 0 saturated carbocycles. The fourth-order valence-corrected chi connectivity index (χ4v) is 4.60. The Labute approximate surface area is 214 Å². The summed E-state index contributed by atoms with van der Waals surface area (Å²) in [6.07, 6.45) is 4.50. The lowest BCUT2D eigenvalue weighted by atomic mass is 9.99. The summed E-state index contributed by atoms with van der Waals surface area (Å²) in [6, 6.07) is 18.8. The zero-order valence-corrected chi connectivity index (χ0v) is 21.8. The molecule has 2 N–H and O–H groups in total. The molecule has 0 aliphatic carbocycles. The van der Waals surface area contributed by atoms with E-state index in [0.29, 0.717) is 12.5 Å². The predicted octanol–water partition coefficient (Wildman–Crippen LogP) is 4.96. The van der Waals surface area contributed by atoms with Gasteiger partial charge in [-0.25, -0.2) is 9.79 Å². The molecule has 33 heavy (non-hydrogen) atoms. The van der Waals surface area contributed by atoms with Crippen molar-refractivity contribution in [2.45, 2.75) is 39.2 Å². The van der Waals surface area contributed by atoms with Gasteiger partial charge in [0.05, 0.1) is 6.54 Å². The molecule has 2 aromatic rings. The van der Waals surface area contributed by atoms with E-state index in [1.807, 2.05) is 23.1 Å². The molecule has 178 valence electrons. The fraction of sp³-hybridized carbons (Fsp3) is 0.462. The summed E-state index contributed by atoms with van der Waals surface area (Å²) in [5, 5.41) is 6.50. The summed E-state index contributed by atoms with van der Waals surface area (Å²) in [5.74, 6) is 1.64. The topological polar surface area (TPSA) is 60.0 Å². The molecule has 1 atom stereocenters. The van der Waals surface area contributed by atoms with Crippen molar-refractivity contribution in [3.8, 4) is 0 Å². The number of hydrogen-bond donors (Lipinski definition) is 2. The summed E-state index contributed by atoms with van der Waals surface area (Å²) in [4.78, 5) is 21.6. The first-order valence-corrected chi connectivity index (χ1v) is 11.9. The van der Waals surface area contributed by atoms with Gasteiger partial charge in [0, 0.05) is 38.4 Å². The number of guanidine groups is 1. The summed E-state index contributed by atoms with van der Waals surface area (Å²) < 4.78 is 0. The normalized spacial score (nSPS) is 18.2. The number of likely N-dealkylation sites (tertiary alicyclic amines) is 2. The standard InChI is InChI=1S/C26H35N5O.HI/c1-2-27-25(31-16-13-23(20-31)17-21-9-4-3-5-10-21)28-19-22-11-8-12-24(18-22)29-26(32)30-14-6-7-15-30;/h3-5,8-12,18,23H,2,6-7,13-17,19-20H2,1H3,(H,27,28)(H,29,32);1H. The highest BCUT2D eigenvalue weighted by Crippen LogP contribution is 2.21. The van der Waals surface area contributed by atoms with Crippen LogP contribution in [0.2, 0.25) is 0 Å². The van der Waals surface area contributed by atoms with E-state index in [1.54, 1.807) is 0 Å². The fourth-order valence-electron chi connectivity index (χ4n) is 4.60. The third-order valence-electron chi connectivity index (χ3n) is 6.27. The Balaban J connectivity index is 0.00000306. The molecule has 2 aliphatic heterocycles. The van der Waals surface area contributed by atoms with E-state index in [2.05, 4.69) is 58.9 Å². The van der Waals surface area contributed by atoms with Gasteiger partial charge < -0.3 is 20.4 Å². The number of aliphatic imine (C=N–C) groups is 1. The molecule has 2 aliphatic rings. The number of nitrogens with one attached hydrogen (secondary N) is 2. The van der Waals surface area contributed by atoms with Gasteiger partial charge in [0.1, 0.15) is 0 Å². The Hall–Kier alpha value is -2.29. The van der Waals surface area contributed by atoms with Crippen LogP contribution in [-0.4, -0.2) is 54.5 Å². The van der Waals surface area contributed by atoms with Gasteiger partial charge in [-0.1, -0.05) is 42.5 Å². The molecular formula is C26H36IN5O. The molecule has 0 bridgehead atoms. The van der Waals surface area contributed by atoms with Crippen LogP contribution in [0.1, 0.15) is 37.3 Å². The van der Waals surface area contributed by atoms with Crippen molar-refractivity contribution in [3.05, 3.63) is 65.7 Å². The number of halogens is 1. The number of benzene rings is 2. The van der Waals surface area contributed by atoms with Gasteiger partial charge in [-0.05, 0) is 61.8 Å². The molecule has 2 amide bonds. The third kappa shape index (κ3) is 7.35. The number of carbonyl (C=O) groups excluding carboxylic acids is 1. The van der Waals surface area contributed by atoms with Crippen molar-refractivity contribution in [2.75, 3.05) is 38.0 Å². The van der Waals surface area contributed by atoms with Crippen molar-refractivity contribution >= 4 is 41.7 Å². The maximum atomic E-state index is 12.4. The molecule has 2 aromatic carbocycles. The van der Waals surface area contributed by atoms with Crippen LogP contribution in [0, 0.1) is 5.92 Å². The molecule has 0 radical (unpaired) electrons. The smallest absolute Gasteiger partial charge is 0.321 e.